The topological polar surface area (TPSA) is 95.6 Å². The number of H-pyrrole nitrogens is 1. The molecule has 3 heterocycles. The van der Waals surface area contributed by atoms with Crippen molar-refractivity contribution in [1.82, 2.24) is 25.5 Å². The molecule has 23 heavy (non-hydrogen) atoms. The Morgan fingerprint density at radius 1 is 1.17 bits per heavy atom. The van der Waals surface area contributed by atoms with Crippen molar-refractivity contribution in [2.45, 2.75) is 6.54 Å². The van der Waals surface area contributed by atoms with Gasteiger partial charge in [0.2, 0.25) is 5.28 Å². The lowest BCUT2D eigenvalue weighted by Gasteiger charge is -2.07. The van der Waals surface area contributed by atoms with Gasteiger partial charge in [-0.2, -0.15) is 5.10 Å². The number of hydrogen-bond acceptors (Lipinski definition) is 5. The summed E-state index contributed by atoms with van der Waals surface area (Å²) in [7, 11) is 0. The first-order chi connectivity index (χ1) is 11.2. The fourth-order valence-corrected chi connectivity index (χ4v) is 2.64. The number of rotatable bonds is 3. The molecule has 1 aromatic carbocycles. The SMILES string of the molecule is O=C1NCc2[nH]nc(Nc3cc(-c4ccccc4)nc(Cl)n3)c21. The van der Waals surface area contributed by atoms with E-state index in [4.69, 9.17) is 11.6 Å². The first-order valence-electron chi connectivity index (χ1n) is 6.93. The molecule has 1 aliphatic heterocycles. The molecule has 7 nitrogen and oxygen atoms in total. The Balaban J connectivity index is 1.71. The molecular weight excluding hydrogens is 316 g/mol. The van der Waals surface area contributed by atoms with E-state index in [2.05, 4.69) is 30.8 Å². The maximum Gasteiger partial charge on any atom is 0.257 e. The highest BCUT2D eigenvalue weighted by Crippen LogP contribution is 2.26. The molecule has 3 N–H and O–H groups in total. The van der Waals surface area contributed by atoms with Crippen LogP contribution < -0.4 is 10.6 Å². The van der Waals surface area contributed by atoms with Crippen LogP contribution in [-0.2, 0) is 6.54 Å². The van der Waals surface area contributed by atoms with Crippen LogP contribution in [0.2, 0.25) is 5.28 Å². The second-order valence-electron chi connectivity index (χ2n) is 5.01. The Kier molecular flexibility index (Phi) is 3.20. The molecule has 0 aliphatic carbocycles. The maximum atomic E-state index is 11.8. The number of hydrogen-bond donors (Lipinski definition) is 3. The number of amides is 1. The Labute approximate surface area is 136 Å². The first kappa shape index (κ1) is 13.7. The van der Waals surface area contributed by atoms with E-state index in [-0.39, 0.29) is 11.2 Å². The molecule has 0 unspecified atom stereocenters. The number of nitrogens with zero attached hydrogens (tertiary/aromatic N) is 3. The molecule has 0 bridgehead atoms. The summed E-state index contributed by atoms with van der Waals surface area (Å²) in [6.45, 7) is 0.447. The largest absolute Gasteiger partial charge is 0.346 e. The molecule has 114 valence electrons. The van der Waals surface area contributed by atoms with Gasteiger partial charge in [0.05, 0.1) is 17.9 Å². The highest BCUT2D eigenvalue weighted by molar-refractivity contribution is 6.28. The van der Waals surface area contributed by atoms with Crippen molar-refractivity contribution >= 4 is 29.1 Å². The average Bonchev–Trinajstić information content (AvgIpc) is 3.12. The summed E-state index contributed by atoms with van der Waals surface area (Å²) in [5.74, 6) is 0.723. The summed E-state index contributed by atoms with van der Waals surface area (Å²) in [6.07, 6.45) is 0. The molecular formula is C15H11ClN6O. The van der Waals surface area contributed by atoms with Crippen LogP contribution in [0.3, 0.4) is 0 Å². The van der Waals surface area contributed by atoms with Crippen molar-refractivity contribution < 1.29 is 4.79 Å². The lowest BCUT2D eigenvalue weighted by molar-refractivity contribution is 0.0966. The zero-order valence-corrected chi connectivity index (χ0v) is 12.6. The fourth-order valence-electron chi connectivity index (χ4n) is 2.46. The fraction of sp³-hybridized carbons (Fsp3) is 0.0667. The number of carbonyl (C=O) groups is 1. The molecule has 0 atom stereocenters. The predicted octanol–water partition coefficient (Wildman–Crippen LogP) is 2.51. The number of fused-ring (bicyclic) bond motifs is 1. The van der Waals surface area contributed by atoms with Crippen LogP contribution >= 0.6 is 11.6 Å². The summed E-state index contributed by atoms with van der Waals surface area (Å²) >= 11 is 6.02. The lowest BCUT2D eigenvalue weighted by Crippen LogP contribution is -2.14. The number of anilines is 2. The second-order valence-corrected chi connectivity index (χ2v) is 5.34. The van der Waals surface area contributed by atoms with E-state index in [1.165, 1.54) is 0 Å². The van der Waals surface area contributed by atoms with Crippen molar-refractivity contribution in [1.29, 1.82) is 0 Å². The van der Waals surface area contributed by atoms with E-state index in [1.54, 1.807) is 6.07 Å². The first-order valence-corrected chi connectivity index (χ1v) is 7.31. The normalized spacial score (nSPS) is 12.8. The average molecular weight is 327 g/mol. The van der Waals surface area contributed by atoms with E-state index in [1.807, 2.05) is 30.3 Å². The Morgan fingerprint density at radius 3 is 2.83 bits per heavy atom. The molecule has 0 saturated heterocycles. The molecule has 1 amide bonds. The third-order valence-corrected chi connectivity index (χ3v) is 3.68. The van der Waals surface area contributed by atoms with Crippen molar-refractivity contribution in [3.05, 3.63) is 52.9 Å². The van der Waals surface area contributed by atoms with E-state index in [0.29, 0.717) is 29.4 Å². The molecule has 2 aromatic heterocycles. The highest BCUT2D eigenvalue weighted by Gasteiger charge is 2.26. The van der Waals surface area contributed by atoms with Crippen LogP contribution in [0.4, 0.5) is 11.6 Å². The van der Waals surface area contributed by atoms with Gasteiger partial charge in [-0.15, -0.1) is 0 Å². The smallest absolute Gasteiger partial charge is 0.257 e. The molecule has 8 heteroatoms. The van der Waals surface area contributed by atoms with Gasteiger partial charge >= 0.3 is 0 Å². The zero-order chi connectivity index (χ0) is 15.8. The molecule has 0 radical (unpaired) electrons. The summed E-state index contributed by atoms with van der Waals surface area (Å²) in [5, 5.41) is 12.8. The minimum atomic E-state index is -0.167. The number of nitrogens with one attached hydrogen (secondary N) is 3. The van der Waals surface area contributed by atoms with Crippen molar-refractivity contribution in [3.8, 4) is 11.3 Å². The monoisotopic (exact) mass is 326 g/mol. The number of aromatic amines is 1. The van der Waals surface area contributed by atoms with E-state index in [0.717, 1.165) is 11.3 Å². The molecule has 0 saturated carbocycles. The van der Waals surface area contributed by atoms with Gasteiger partial charge in [-0.05, 0) is 11.6 Å². The van der Waals surface area contributed by atoms with E-state index >= 15 is 0 Å². The number of halogens is 1. The number of benzene rings is 1. The van der Waals surface area contributed by atoms with Crippen LogP contribution in [0, 0.1) is 0 Å². The standard InChI is InChI=1S/C15H11ClN6O/c16-15-18-9(8-4-2-1-3-5-8)6-11(20-15)19-13-12-10(21-22-13)7-17-14(12)23/h1-6H,7H2,(H,17,23)(H2,18,19,20,21,22). The van der Waals surface area contributed by atoms with Crippen LogP contribution in [0.25, 0.3) is 11.3 Å². The molecule has 0 spiro atoms. The third-order valence-electron chi connectivity index (χ3n) is 3.51. The summed E-state index contributed by atoms with van der Waals surface area (Å²) in [4.78, 5) is 20.2. The predicted molar refractivity (Wildman–Crippen MR) is 85.5 cm³/mol. The van der Waals surface area contributed by atoms with Gasteiger partial charge in [0.25, 0.3) is 5.91 Å². The van der Waals surface area contributed by atoms with Crippen LogP contribution in [0.1, 0.15) is 16.1 Å². The Bertz CT molecular complexity index is 892. The lowest BCUT2D eigenvalue weighted by atomic mass is 10.1. The molecule has 0 fully saturated rings. The third kappa shape index (κ3) is 2.51. The van der Waals surface area contributed by atoms with Gasteiger partial charge in [-0.25, -0.2) is 9.97 Å². The van der Waals surface area contributed by atoms with Crippen LogP contribution in [0.5, 0.6) is 0 Å². The maximum absolute atomic E-state index is 11.8. The summed E-state index contributed by atoms with van der Waals surface area (Å²) < 4.78 is 0. The van der Waals surface area contributed by atoms with Gasteiger partial charge in [-0.3, -0.25) is 9.89 Å². The minimum absolute atomic E-state index is 0.116. The zero-order valence-electron chi connectivity index (χ0n) is 11.8. The van der Waals surface area contributed by atoms with Gasteiger partial charge in [0, 0.05) is 11.6 Å². The minimum Gasteiger partial charge on any atom is -0.346 e. The van der Waals surface area contributed by atoms with Crippen LogP contribution in [-0.4, -0.2) is 26.1 Å². The van der Waals surface area contributed by atoms with E-state index < -0.39 is 0 Å². The molecule has 3 aromatic rings. The highest BCUT2D eigenvalue weighted by atomic mass is 35.5. The molecule has 1 aliphatic rings. The van der Waals surface area contributed by atoms with Gasteiger partial charge in [-0.1, -0.05) is 30.3 Å². The summed E-state index contributed by atoms with van der Waals surface area (Å²) in [5.41, 5.74) is 2.86. The van der Waals surface area contributed by atoms with Gasteiger partial charge < -0.3 is 10.6 Å². The van der Waals surface area contributed by atoms with Crippen molar-refractivity contribution in [3.63, 3.8) is 0 Å². The van der Waals surface area contributed by atoms with Crippen molar-refractivity contribution in [2.75, 3.05) is 5.32 Å². The molecule has 4 rings (SSSR count). The Morgan fingerprint density at radius 2 is 2.00 bits per heavy atom. The number of carbonyl (C=O) groups excluding carboxylic acids is 1. The Hall–Kier alpha value is -2.93. The van der Waals surface area contributed by atoms with Crippen LogP contribution in [0.15, 0.2) is 36.4 Å². The quantitative estimate of drug-likeness (QED) is 0.643. The van der Waals surface area contributed by atoms with Crippen molar-refractivity contribution in [2.24, 2.45) is 0 Å². The summed E-state index contributed by atoms with van der Waals surface area (Å²) in [6, 6.07) is 11.4. The van der Waals surface area contributed by atoms with E-state index in [9.17, 15) is 4.79 Å². The second kappa shape index (κ2) is 5.36. The van der Waals surface area contributed by atoms with Gasteiger partial charge in [0.1, 0.15) is 11.4 Å². The number of aromatic nitrogens is 4. The van der Waals surface area contributed by atoms with Gasteiger partial charge in [0.15, 0.2) is 5.82 Å².